The molecule has 1 spiro atoms. The smallest absolute Gasteiger partial charge is 0.244 e. The van der Waals surface area contributed by atoms with Crippen LogP contribution in [0.15, 0.2) is 0 Å². The molecule has 1 saturated carbocycles. The maximum absolute atomic E-state index is 13.3. The number of amides is 1. The molecule has 3 aliphatic rings. The zero-order valence-electron chi connectivity index (χ0n) is 15.0. The third-order valence-electron chi connectivity index (χ3n) is 5.68. The number of thioether (sulfide) groups is 1. The molecule has 132 valence electrons. The fourth-order valence-corrected chi connectivity index (χ4v) is 5.61. The highest BCUT2D eigenvalue weighted by Gasteiger charge is 2.53. The van der Waals surface area contributed by atoms with Crippen molar-refractivity contribution < 1.29 is 4.79 Å². The van der Waals surface area contributed by atoms with E-state index in [1.54, 1.807) is 0 Å². The number of fused-ring (bicyclic) bond motifs is 1. The lowest BCUT2D eigenvalue weighted by Crippen LogP contribution is -2.44. The van der Waals surface area contributed by atoms with Crippen LogP contribution in [0.2, 0.25) is 0 Å². The lowest BCUT2D eigenvalue weighted by atomic mass is 9.98. The van der Waals surface area contributed by atoms with Crippen LogP contribution < -0.4 is 5.32 Å². The van der Waals surface area contributed by atoms with Crippen molar-refractivity contribution in [1.82, 2.24) is 20.0 Å². The third kappa shape index (κ3) is 2.49. The minimum Gasteiger partial charge on any atom is -0.320 e. The summed E-state index contributed by atoms with van der Waals surface area (Å²) in [7, 11) is 2.04. The Morgan fingerprint density at radius 3 is 2.83 bits per heavy atom. The van der Waals surface area contributed by atoms with Crippen molar-refractivity contribution in [2.75, 3.05) is 12.3 Å². The number of carbonyl (C=O) groups is 1. The second kappa shape index (κ2) is 6.06. The van der Waals surface area contributed by atoms with Gasteiger partial charge < -0.3 is 4.90 Å². The zero-order chi connectivity index (χ0) is 16.9. The fourth-order valence-electron chi connectivity index (χ4n) is 4.61. The summed E-state index contributed by atoms with van der Waals surface area (Å²) >= 11 is 1.98. The van der Waals surface area contributed by atoms with Gasteiger partial charge in [-0.2, -0.15) is 16.9 Å². The Hall–Kier alpha value is -1.01. The molecule has 1 atom stereocenters. The lowest BCUT2D eigenvalue weighted by Gasteiger charge is -2.27. The van der Waals surface area contributed by atoms with Gasteiger partial charge in [0.1, 0.15) is 6.17 Å². The molecule has 1 N–H and O–H groups in total. The molecule has 1 saturated heterocycles. The van der Waals surface area contributed by atoms with Crippen molar-refractivity contribution in [2.24, 2.45) is 13.0 Å². The molecule has 1 aromatic rings. The number of hydrogen-bond acceptors (Lipinski definition) is 4. The van der Waals surface area contributed by atoms with Crippen molar-refractivity contribution in [3.63, 3.8) is 0 Å². The molecule has 4 rings (SSSR count). The second-order valence-electron chi connectivity index (χ2n) is 7.92. The maximum atomic E-state index is 13.3. The normalized spacial score (nSPS) is 25.9. The van der Waals surface area contributed by atoms with Gasteiger partial charge in [0.25, 0.3) is 0 Å². The maximum Gasteiger partial charge on any atom is 0.244 e. The van der Waals surface area contributed by atoms with Gasteiger partial charge >= 0.3 is 0 Å². The number of nitrogens with zero attached hydrogens (tertiary/aromatic N) is 3. The number of carbonyl (C=O) groups excluding carboxylic acids is 1. The molecule has 1 aliphatic carbocycles. The molecule has 6 heteroatoms. The molecule has 2 fully saturated rings. The zero-order valence-corrected chi connectivity index (χ0v) is 15.8. The first-order chi connectivity index (χ1) is 11.5. The predicted octanol–water partition coefficient (Wildman–Crippen LogP) is 2.61. The van der Waals surface area contributed by atoms with Gasteiger partial charge in [-0.15, -0.1) is 0 Å². The van der Waals surface area contributed by atoms with E-state index in [-0.39, 0.29) is 11.7 Å². The van der Waals surface area contributed by atoms with Crippen LogP contribution in [0, 0.1) is 5.92 Å². The number of rotatable bonds is 3. The first-order valence-electron chi connectivity index (χ1n) is 9.23. The Morgan fingerprint density at radius 1 is 1.38 bits per heavy atom. The van der Waals surface area contributed by atoms with E-state index in [1.807, 2.05) is 23.5 Å². The van der Waals surface area contributed by atoms with Gasteiger partial charge in [0.2, 0.25) is 5.91 Å². The average molecular weight is 349 g/mol. The average Bonchev–Trinajstić information content (AvgIpc) is 3.20. The summed E-state index contributed by atoms with van der Waals surface area (Å²) < 4.78 is 2.03. The van der Waals surface area contributed by atoms with Crippen LogP contribution in [0.3, 0.4) is 0 Å². The SMILES string of the molecule is CC(C)CN1C(=O)C2(CCCC2)NC1c1c2c(nn1C)CCSC2. The Morgan fingerprint density at radius 2 is 2.12 bits per heavy atom. The van der Waals surface area contributed by atoms with E-state index in [2.05, 4.69) is 24.1 Å². The molecule has 1 amide bonds. The van der Waals surface area contributed by atoms with Gasteiger partial charge in [-0.1, -0.05) is 26.7 Å². The topological polar surface area (TPSA) is 50.2 Å². The van der Waals surface area contributed by atoms with E-state index < -0.39 is 0 Å². The summed E-state index contributed by atoms with van der Waals surface area (Å²) in [5.41, 5.74) is 3.49. The molecule has 0 bridgehead atoms. The van der Waals surface area contributed by atoms with Crippen molar-refractivity contribution in [3.05, 3.63) is 17.0 Å². The highest BCUT2D eigenvalue weighted by Crippen LogP contribution is 2.43. The highest BCUT2D eigenvalue weighted by molar-refractivity contribution is 7.98. The van der Waals surface area contributed by atoms with Crippen LogP contribution in [-0.4, -0.2) is 38.4 Å². The standard InChI is InChI=1S/C18H28N4OS/c1-12(2)10-22-16(19-18(17(22)23)7-4-5-8-18)15-13-11-24-9-6-14(13)20-21(15)3/h12,16,19H,4-11H2,1-3H3. The van der Waals surface area contributed by atoms with E-state index in [4.69, 9.17) is 5.10 Å². The molecule has 24 heavy (non-hydrogen) atoms. The Kier molecular flexibility index (Phi) is 4.15. The summed E-state index contributed by atoms with van der Waals surface area (Å²) in [5.74, 6) is 2.96. The van der Waals surface area contributed by atoms with Crippen LogP contribution in [0.1, 0.15) is 62.6 Å². The van der Waals surface area contributed by atoms with Gasteiger partial charge in [-0.3, -0.25) is 14.8 Å². The number of hydrogen-bond donors (Lipinski definition) is 1. The van der Waals surface area contributed by atoms with Gasteiger partial charge in [-0.25, -0.2) is 0 Å². The van der Waals surface area contributed by atoms with Crippen molar-refractivity contribution in [3.8, 4) is 0 Å². The van der Waals surface area contributed by atoms with E-state index in [0.717, 1.165) is 50.2 Å². The van der Waals surface area contributed by atoms with Crippen molar-refractivity contribution >= 4 is 17.7 Å². The molecule has 2 aliphatic heterocycles. The molecular formula is C18H28N4OS. The van der Waals surface area contributed by atoms with Crippen LogP contribution in [0.4, 0.5) is 0 Å². The molecule has 0 aromatic carbocycles. The van der Waals surface area contributed by atoms with Crippen LogP contribution in [0.25, 0.3) is 0 Å². The number of aromatic nitrogens is 2. The largest absolute Gasteiger partial charge is 0.320 e. The lowest BCUT2D eigenvalue weighted by molar-refractivity contribution is -0.133. The number of aryl methyl sites for hydroxylation is 2. The minimum absolute atomic E-state index is 0.0158. The summed E-state index contributed by atoms with van der Waals surface area (Å²) in [5, 5.41) is 8.55. The highest BCUT2D eigenvalue weighted by atomic mass is 32.2. The first-order valence-corrected chi connectivity index (χ1v) is 10.4. The Bertz CT molecular complexity index is 648. The van der Waals surface area contributed by atoms with Crippen LogP contribution in [0.5, 0.6) is 0 Å². The Labute approximate surface area is 148 Å². The van der Waals surface area contributed by atoms with E-state index in [0.29, 0.717) is 11.8 Å². The van der Waals surface area contributed by atoms with Gasteiger partial charge in [0.05, 0.1) is 16.9 Å². The Balaban J connectivity index is 1.75. The fraction of sp³-hybridized carbons (Fsp3) is 0.778. The summed E-state index contributed by atoms with van der Waals surface area (Å²) in [6.45, 7) is 5.20. The summed E-state index contributed by atoms with van der Waals surface area (Å²) in [6.07, 6.45) is 5.29. The quantitative estimate of drug-likeness (QED) is 0.912. The number of nitrogens with one attached hydrogen (secondary N) is 1. The second-order valence-corrected chi connectivity index (χ2v) is 9.03. The third-order valence-corrected chi connectivity index (χ3v) is 6.66. The van der Waals surface area contributed by atoms with Crippen molar-refractivity contribution in [2.45, 2.75) is 63.4 Å². The minimum atomic E-state index is -0.321. The first kappa shape index (κ1) is 16.5. The van der Waals surface area contributed by atoms with E-state index >= 15 is 0 Å². The molecule has 3 heterocycles. The summed E-state index contributed by atoms with van der Waals surface area (Å²) in [6, 6.07) is 0. The van der Waals surface area contributed by atoms with Gasteiger partial charge in [0.15, 0.2) is 0 Å². The summed E-state index contributed by atoms with van der Waals surface area (Å²) in [4.78, 5) is 15.4. The molecule has 1 aromatic heterocycles. The van der Waals surface area contributed by atoms with Crippen LogP contribution >= 0.6 is 11.8 Å². The molecular weight excluding hydrogens is 320 g/mol. The van der Waals surface area contributed by atoms with Gasteiger partial charge in [0, 0.05) is 31.3 Å². The monoisotopic (exact) mass is 348 g/mol. The molecule has 5 nitrogen and oxygen atoms in total. The van der Waals surface area contributed by atoms with E-state index in [9.17, 15) is 4.79 Å². The molecule has 0 radical (unpaired) electrons. The predicted molar refractivity (Wildman–Crippen MR) is 96.7 cm³/mol. The van der Waals surface area contributed by atoms with Gasteiger partial charge in [-0.05, 0) is 24.5 Å². The van der Waals surface area contributed by atoms with Crippen molar-refractivity contribution in [1.29, 1.82) is 0 Å². The van der Waals surface area contributed by atoms with E-state index in [1.165, 1.54) is 17.0 Å². The molecule has 1 unspecified atom stereocenters. The van der Waals surface area contributed by atoms with Crippen LogP contribution in [-0.2, 0) is 24.0 Å².